The lowest BCUT2D eigenvalue weighted by atomic mass is 10.0. The number of nitrogens with zero attached hydrogens (tertiary/aromatic N) is 2. The SMILES string of the molecule is C[C@H]1COCCN1C1CCN(C(=O)CS)CC1. The average Bonchev–Trinajstić information content (AvgIpc) is 2.39. The van der Waals surface area contributed by atoms with Crippen molar-refractivity contribution in [2.24, 2.45) is 0 Å². The van der Waals surface area contributed by atoms with Gasteiger partial charge in [-0.1, -0.05) is 0 Å². The number of carbonyl (C=O) groups is 1. The molecule has 2 fully saturated rings. The van der Waals surface area contributed by atoms with Crippen molar-refractivity contribution in [3.63, 3.8) is 0 Å². The Labute approximate surface area is 109 Å². The van der Waals surface area contributed by atoms with Crippen LogP contribution in [0.3, 0.4) is 0 Å². The number of likely N-dealkylation sites (tertiary alicyclic amines) is 1. The highest BCUT2D eigenvalue weighted by Crippen LogP contribution is 2.20. The molecule has 0 aromatic heterocycles. The molecule has 2 heterocycles. The molecule has 0 unspecified atom stereocenters. The minimum absolute atomic E-state index is 0.168. The molecule has 0 N–H and O–H groups in total. The van der Waals surface area contributed by atoms with E-state index in [1.54, 1.807) is 0 Å². The Hall–Kier alpha value is -0.260. The molecule has 0 aromatic carbocycles. The predicted octanol–water partition coefficient (Wildman–Crippen LogP) is 0.628. The Morgan fingerprint density at radius 1 is 1.35 bits per heavy atom. The number of morpholine rings is 1. The van der Waals surface area contributed by atoms with E-state index < -0.39 is 0 Å². The summed E-state index contributed by atoms with van der Waals surface area (Å²) in [5, 5.41) is 0. The summed E-state index contributed by atoms with van der Waals surface area (Å²) >= 11 is 4.05. The molecule has 0 aromatic rings. The maximum atomic E-state index is 11.5. The molecule has 1 atom stereocenters. The summed E-state index contributed by atoms with van der Waals surface area (Å²) in [7, 11) is 0. The maximum Gasteiger partial charge on any atom is 0.232 e. The van der Waals surface area contributed by atoms with Crippen molar-refractivity contribution < 1.29 is 9.53 Å². The van der Waals surface area contributed by atoms with Gasteiger partial charge in [0, 0.05) is 31.7 Å². The van der Waals surface area contributed by atoms with Crippen molar-refractivity contribution in [3.8, 4) is 0 Å². The quantitative estimate of drug-likeness (QED) is 0.737. The Morgan fingerprint density at radius 3 is 2.65 bits per heavy atom. The van der Waals surface area contributed by atoms with E-state index in [1.807, 2.05) is 4.90 Å². The minimum Gasteiger partial charge on any atom is -0.379 e. The zero-order valence-corrected chi connectivity index (χ0v) is 11.4. The lowest BCUT2D eigenvalue weighted by Gasteiger charge is -2.43. The Bertz CT molecular complexity index is 267. The van der Waals surface area contributed by atoms with Crippen LogP contribution in [0, 0.1) is 0 Å². The Morgan fingerprint density at radius 2 is 2.06 bits per heavy atom. The highest BCUT2D eigenvalue weighted by atomic mass is 32.1. The maximum absolute atomic E-state index is 11.5. The van der Waals surface area contributed by atoms with Gasteiger partial charge in [-0.05, 0) is 19.8 Å². The highest BCUT2D eigenvalue weighted by Gasteiger charge is 2.30. The van der Waals surface area contributed by atoms with Gasteiger partial charge < -0.3 is 9.64 Å². The molecule has 1 amide bonds. The third-order valence-corrected chi connectivity index (χ3v) is 4.11. The molecule has 5 heteroatoms. The molecule has 0 bridgehead atoms. The monoisotopic (exact) mass is 258 g/mol. The van der Waals surface area contributed by atoms with Gasteiger partial charge >= 0.3 is 0 Å². The molecular formula is C12H22N2O2S. The predicted molar refractivity (Wildman–Crippen MR) is 70.4 cm³/mol. The Balaban J connectivity index is 1.83. The van der Waals surface area contributed by atoms with Crippen molar-refractivity contribution in [2.45, 2.75) is 31.8 Å². The molecule has 2 aliphatic rings. The molecule has 2 saturated heterocycles. The summed E-state index contributed by atoms with van der Waals surface area (Å²) < 4.78 is 5.46. The summed E-state index contributed by atoms with van der Waals surface area (Å²) in [4.78, 5) is 16.0. The minimum atomic E-state index is 0.168. The van der Waals surface area contributed by atoms with Crippen molar-refractivity contribution in [3.05, 3.63) is 0 Å². The smallest absolute Gasteiger partial charge is 0.232 e. The molecule has 0 aliphatic carbocycles. The molecule has 17 heavy (non-hydrogen) atoms. The first-order chi connectivity index (χ1) is 8.22. The van der Waals surface area contributed by atoms with E-state index in [2.05, 4.69) is 24.5 Å². The second-order valence-corrected chi connectivity index (χ2v) is 5.25. The molecule has 0 spiro atoms. The second-order valence-electron chi connectivity index (χ2n) is 4.93. The number of piperidine rings is 1. The van der Waals surface area contributed by atoms with Crippen molar-refractivity contribution in [1.82, 2.24) is 9.80 Å². The van der Waals surface area contributed by atoms with Gasteiger partial charge in [0.15, 0.2) is 0 Å². The van der Waals surface area contributed by atoms with Gasteiger partial charge in [-0.25, -0.2) is 0 Å². The number of hydrogen-bond donors (Lipinski definition) is 1. The number of hydrogen-bond acceptors (Lipinski definition) is 4. The van der Waals surface area contributed by atoms with Gasteiger partial charge in [0.25, 0.3) is 0 Å². The number of rotatable bonds is 2. The van der Waals surface area contributed by atoms with Crippen LogP contribution in [0.15, 0.2) is 0 Å². The molecular weight excluding hydrogens is 236 g/mol. The summed E-state index contributed by atoms with van der Waals surface area (Å²) in [6.07, 6.45) is 2.17. The number of amides is 1. The van der Waals surface area contributed by atoms with Crippen LogP contribution in [0.5, 0.6) is 0 Å². The first-order valence-corrected chi connectivity index (χ1v) is 7.07. The van der Waals surface area contributed by atoms with Crippen LogP contribution in [0.25, 0.3) is 0 Å². The summed E-state index contributed by atoms with van der Waals surface area (Å²) in [6.45, 7) is 6.72. The average molecular weight is 258 g/mol. The fourth-order valence-electron chi connectivity index (χ4n) is 2.83. The standard InChI is InChI=1S/C12H22N2O2S/c1-10-8-16-7-6-14(10)11-2-4-13(5-3-11)12(15)9-17/h10-11,17H,2-9H2,1H3/t10-/m0/s1. The Kier molecular flexibility index (Phi) is 4.70. The fourth-order valence-corrected chi connectivity index (χ4v) is 3.03. The summed E-state index contributed by atoms with van der Waals surface area (Å²) in [6, 6.07) is 1.14. The third kappa shape index (κ3) is 3.14. The third-order valence-electron chi connectivity index (χ3n) is 3.84. The van der Waals surface area contributed by atoms with Crippen LogP contribution in [0.4, 0.5) is 0 Å². The van der Waals surface area contributed by atoms with E-state index >= 15 is 0 Å². The molecule has 0 saturated carbocycles. The van der Waals surface area contributed by atoms with Crippen molar-refractivity contribution in [2.75, 3.05) is 38.6 Å². The van der Waals surface area contributed by atoms with Crippen LogP contribution in [-0.2, 0) is 9.53 Å². The van der Waals surface area contributed by atoms with E-state index in [0.29, 0.717) is 17.8 Å². The van der Waals surface area contributed by atoms with Crippen LogP contribution in [-0.4, -0.2) is 66.4 Å². The topological polar surface area (TPSA) is 32.8 Å². The van der Waals surface area contributed by atoms with Gasteiger partial charge in [-0.2, -0.15) is 12.6 Å². The zero-order valence-electron chi connectivity index (χ0n) is 10.5. The second kappa shape index (κ2) is 6.07. The van der Waals surface area contributed by atoms with Gasteiger partial charge in [0.05, 0.1) is 19.0 Å². The summed E-state index contributed by atoms with van der Waals surface area (Å²) in [5.41, 5.74) is 0. The van der Waals surface area contributed by atoms with Gasteiger partial charge in [-0.15, -0.1) is 0 Å². The molecule has 2 aliphatic heterocycles. The van der Waals surface area contributed by atoms with E-state index in [4.69, 9.17) is 4.74 Å². The first kappa shape index (κ1) is 13.2. The van der Waals surface area contributed by atoms with E-state index in [9.17, 15) is 4.79 Å². The van der Waals surface area contributed by atoms with Gasteiger partial charge in [0.1, 0.15) is 0 Å². The number of ether oxygens (including phenoxy) is 1. The molecule has 0 radical (unpaired) electrons. The van der Waals surface area contributed by atoms with Crippen molar-refractivity contribution >= 4 is 18.5 Å². The van der Waals surface area contributed by atoms with Crippen LogP contribution in [0.1, 0.15) is 19.8 Å². The lowest BCUT2D eigenvalue weighted by molar-refractivity contribution is -0.130. The molecule has 98 valence electrons. The van der Waals surface area contributed by atoms with E-state index in [-0.39, 0.29) is 5.91 Å². The van der Waals surface area contributed by atoms with Gasteiger partial charge in [-0.3, -0.25) is 9.69 Å². The lowest BCUT2D eigenvalue weighted by Crippen LogP contribution is -2.53. The molecule has 4 nitrogen and oxygen atoms in total. The van der Waals surface area contributed by atoms with Crippen LogP contribution < -0.4 is 0 Å². The van der Waals surface area contributed by atoms with Gasteiger partial charge in [0.2, 0.25) is 5.91 Å². The van der Waals surface area contributed by atoms with E-state index in [1.165, 1.54) is 0 Å². The fraction of sp³-hybridized carbons (Fsp3) is 0.917. The number of thiol groups is 1. The normalized spacial score (nSPS) is 28.4. The summed E-state index contributed by atoms with van der Waals surface area (Å²) in [5.74, 6) is 0.500. The number of carbonyl (C=O) groups excluding carboxylic acids is 1. The molecule has 2 rings (SSSR count). The van der Waals surface area contributed by atoms with Crippen LogP contribution >= 0.6 is 12.6 Å². The van der Waals surface area contributed by atoms with Crippen molar-refractivity contribution in [1.29, 1.82) is 0 Å². The zero-order chi connectivity index (χ0) is 12.3. The van der Waals surface area contributed by atoms with Crippen LogP contribution in [0.2, 0.25) is 0 Å². The first-order valence-electron chi connectivity index (χ1n) is 6.44. The highest BCUT2D eigenvalue weighted by molar-refractivity contribution is 7.81. The van der Waals surface area contributed by atoms with E-state index in [0.717, 1.165) is 45.7 Å². The largest absolute Gasteiger partial charge is 0.379 e.